The molecule has 1 aromatic carbocycles. The third-order valence-electron chi connectivity index (χ3n) is 4.14. The molecule has 0 saturated carbocycles. The Morgan fingerprint density at radius 1 is 1.26 bits per heavy atom. The van der Waals surface area contributed by atoms with E-state index in [2.05, 4.69) is 5.32 Å². The quantitative estimate of drug-likeness (QED) is 0.915. The fourth-order valence-electron chi connectivity index (χ4n) is 2.75. The lowest BCUT2D eigenvalue weighted by atomic mass is 9.99. The highest BCUT2D eigenvalue weighted by Gasteiger charge is 2.41. The summed E-state index contributed by atoms with van der Waals surface area (Å²) in [5, 5.41) is 2.94. The van der Waals surface area contributed by atoms with Gasteiger partial charge in [0.1, 0.15) is 5.75 Å². The number of hydrogen-bond acceptors (Lipinski definition) is 4. The lowest BCUT2D eigenvalue weighted by Gasteiger charge is -2.35. The van der Waals surface area contributed by atoms with Gasteiger partial charge in [0.15, 0.2) is 9.84 Å². The van der Waals surface area contributed by atoms with Crippen LogP contribution in [0.4, 0.5) is 0 Å². The molecule has 1 N–H and O–H groups in total. The van der Waals surface area contributed by atoms with Gasteiger partial charge in [-0.15, -0.1) is 0 Å². The monoisotopic (exact) mass is 339 g/mol. The number of benzene rings is 1. The van der Waals surface area contributed by atoms with Gasteiger partial charge in [-0.3, -0.25) is 4.79 Å². The van der Waals surface area contributed by atoms with E-state index in [9.17, 15) is 13.2 Å². The van der Waals surface area contributed by atoms with E-state index < -0.39 is 14.6 Å². The molecule has 23 heavy (non-hydrogen) atoms. The van der Waals surface area contributed by atoms with Crippen molar-refractivity contribution >= 4 is 15.7 Å². The molecule has 1 atom stereocenters. The molecule has 1 aromatic rings. The molecule has 2 rings (SSSR count). The van der Waals surface area contributed by atoms with Crippen LogP contribution >= 0.6 is 0 Å². The lowest BCUT2D eigenvalue weighted by molar-refractivity contribution is 0.0930. The molecule has 1 heterocycles. The van der Waals surface area contributed by atoms with Crippen molar-refractivity contribution in [3.63, 3.8) is 0 Å². The van der Waals surface area contributed by atoms with Crippen LogP contribution in [0, 0.1) is 0 Å². The molecule has 1 aliphatic heterocycles. The minimum absolute atomic E-state index is 0.0843. The zero-order chi connectivity index (χ0) is 17.3. The molecule has 5 nitrogen and oxygen atoms in total. The Morgan fingerprint density at radius 2 is 1.87 bits per heavy atom. The molecule has 0 aliphatic carbocycles. The molecular formula is C17H25NO4S. The SMILES string of the molecule is CC(C)Oc1ccc(C(=O)N[C@H]2CCS(=O)(=O)C(C)(C)C2)cc1. The Kier molecular flexibility index (Phi) is 5.04. The van der Waals surface area contributed by atoms with Crippen molar-refractivity contribution in [3.05, 3.63) is 29.8 Å². The smallest absolute Gasteiger partial charge is 0.251 e. The van der Waals surface area contributed by atoms with E-state index in [1.54, 1.807) is 38.1 Å². The lowest BCUT2D eigenvalue weighted by Crippen LogP contribution is -2.49. The standard InChI is InChI=1S/C17H25NO4S/c1-12(2)22-15-7-5-13(6-8-15)16(19)18-14-9-10-23(20,21)17(3,4)11-14/h5-8,12,14H,9-11H2,1-4H3,(H,18,19)/t14-/m0/s1. The third kappa shape index (κ3) is 4.25. The Bertz CT molecular complexity index is 662. The van der Waals surface area contributed by atoms with Gasteiger partial charge in [-0.05, 0) is 64.8 Å². The average molecular weight is 339 g/mol. The molecule has 1 aliphatic rings. The summed E-state index contributed by atoms with van der Waals surface area (Å²) in [6, 6.07) is 6.86. The second-order valence-electron chi connectivity index (χ2n) is 6.93. The van der Waals surface area contributed by atoms with Crippen molar-refractivity contribution in [2.45, 2.75) is 57.4 Å². The van der Waals surface area contributed by atoms with Crippen LogP contribution in [0.15, 0.2) is 24.3 Å². The van der Waals surface area contributed by atoms with Gasteiger partial charge in [-0.25, -0.2) is 8.42 Å². The average Bonchev–Trinajstić information content (AvgIpc) is 2.43. The van der Waals surface area contributed by atoms with Crippen molar-refractivity contribution in [3.8, 4) is 5.75 Å². The van der Waals surface area contributed by atoms with Crippen LogP contribution < -0.4 is 10.1 Å². The predicted molar refractivity (Wildman–Crippen MR) is 90.6 cm³/mol. The first-order chi connectivity index (χ1) is 10.6. The molecule has 0 aromatic heterocycles. The van der Waals surface area contributed by atoms with Gasteiger partial charge < -0.3 is 10.1 Å². The Labute approximate surface area is 138 Å². The summed E-state index contributed by atoms with van der Waals surface area (Å²) in [6.07, 6.45) is 0.989. The summed E-state index contributed by atoms with van der Waals surface area (Å²) >= 11 is 0. The van der Waals surface area contributed by atoms with Crippen molar-refractivity contribution < 1.29 is 17.9 Å². The molecule has 1 amide bonds. The number of ether oxygens (including phenoxy) is 1. The van der Waals surface area contributed by atoms with E-state index in [-0.39, 0.29) is 23.8 Å². The van der Waals surface area contributed by atoms with Gasteiger partial charge in [0.05, 0.1) is 16.6 Å². The van der Waals surface area contributed by atoms with Gasteiger partial charge in [-0.2, -0.15) is 0 Å². The zero-order valence-electron chi connectivity index (χ0n) is 14.1. The number of amides is 1. The Balaban J connectivity index is 2.00. The first-order valence-electron chi connectivity index (χ1n) is 7.90. The highest BCUT2D eigenvalue weighted by Crippen LogP contribution is 2.30. The summed E-state index contributed by atoms with van der Waals surface area (Å²) in [4.78, 5) is 12.3. The highest BCUT2D eigenvalue weighted by molar-refractivity contribution is 7.92. The maximum atomic E-state index is 12.3. The van der Waals surface area contributed by atoms with Gasteiger partial charge >= 0.3 is 0 Å². The molecule has 0 unspecified atom stereocenters. The van der Waals surface area contributed by atoms with Gasteiger partial charge in [0.25, 0.3) is 5.91 Å². The fourth-order valence-corrected chi connectivity index (χ4v) is 4.35. The van der Waals surface area contributed by atoms with E-state index in [4.69, 9.17) is 4.74 Å². The van der Waals surface area contributed by atoms with Gasteiger partial charge in [0, 0.05) is 11.6 Å². The van der Waals surface area contributed by atoms with Gasteiger partial charge in [-0.1, -0.05) is 0 Å². The molecule has 1 saturated heterocycles. The van der Waals surface area contributed by atoms with Crippen LogP contribution in [0.2, 0.25) is 0 Å². The number of hydrogen-bond donors (Lipinski definition) is 1. The molecule has 128 valence electrons. The summed E-state index contributed by atoms with van der Waals surface area (Å²) in [5.74, 6) is 0.661. The van der Waals surface area contributed by atoms with E-state index in [0.29, 0.717) is 18.4 Å². The Morgan fingerprint density at radius 3 is 2.39 bits per heavy atom. The first-order valence-corrected chi connectivity index (χ1v) is 9.56. The molecule has 6 heteroatoms. The maximum Gasteiger partial charge on any atom is 0.251 e. The van der Waals surface area contributed by atoms with Crippen LogP contribution in [0.3, 0.4) is 0 Å². The van der Waals surface area contributed by atoms with Crippen molar-refractivity contribution in [1.82, 2.24) is 5.32 Å². The number of nitrogens with one attached hydrogen (secondary N) is 1. The van der Waals surface area contributed by atoms with Gasteiger partial charge in [0.2, 0.25) is 0 Å². The number of carbonyl (C=O) groups excluding carboxylic acids is 1. The predicted octanol–water partition coefficient (Wildman–Crippen LogP) is 2.56. The largest absolute Gasteiger partial charge is 0.491 e. The fraction of sp³-hybridized carbons (Fsp3) is 0.588. The second-order valence-corrected chi connectivity index (χ2v) is 9.68. The second kappa shape index (κ2) is 6.51. The number of sulfone groups is 1. The van der Waals surface area contributed by atoms with E-state index in [1.165, 1.54) is 0 Å². The van der Waals surface area contributed by atoms with Crippen LogP contribution in [0.5, 0.6) is 5.75 Å². The molecular weight excluding hydrogens is 314 g/mol. The number of carbonyl (C=O) groups is 1. The normalized spacial score (nSPS) is 22.6. The van der Waals surface area contributed by atoms with Crippen LogP contribution in [-0.4, -0.2) is 37.0 Å². The summed E-state index contributed by atoms with van der Waals surface area (Å²) in [7, 11) is -3.08. The van der Waals surface area contributed by atoms with Crippen LogP contribution in [0.25, 0.3) is 0 Å². The minimum atomic E-state index is -3.08. The Hall–Kier alpha value is -1.56. The number of rotatable bonds is 4. The molecule has 0 bridgehead atoms. The van der Waals surface area contributed by atoms with Crippen LogP contribution in [0.1, 0.15) is 50.9 Å². The molecule has 0 radical (unpaired) electrons. The van der Waals surface area contributed by atoms with Crippen LogP contribution in [-0.2, 0) is 9.84 Å². The van der Waals surface area contributed by atoms with E-state index >= 15 is 0 Å². The highest BCUT2D eigenvalue weighted by atomic mass is 32.2. The summed E-state index contributed by atoms with van der Waals surface area (Å²) in [5.41, 5.74) is 0.548. The zero-order valence-corrected chi connectivity index (χ0v) is 14.9. The topological polar surface area (TPSA) is 72.5 Å². The van der Waals surface area contributed by atoms with E-state index in [1.807, 2.05) is 13.8 Å². The molecule has 1 fully saturated rings. The maximum absolute atomic E-state index is 12.3. The van der Waals surface area contributed by atoms with Crippen molar-refractivity contribution in [2.24, 2.45) is 0 Å². The summed E-state index contributed by atoms with van der Waals surface area (Å²) < 4.78 is 28.8. The third-order valence-corrected chi connectivity index (χ3v) is 6.76. The molecule has 0 spiro atoms. The minimum Gasteiger partial charge on any atom is -0.491 e. The van der Waals surface area contributed by atoms with Crippen molar-refractivity contribution in [1.29, 1.82) is 0 Å². The van der Waals surface area contributed by atoms with E-state index in [0.717, 1.165) is 5.75 Å². The summed E-state index contributed by atoms with van der Waals surface area (Å²) in [6.45, 7) is 7.33. The first kappa shape index (κ1) is 17.8. The van der Waals surface area contributed by atoms with Crippen molar-refractivity contribution in [2.75, 3.05) is 5.75 Å².